The molecule has 8 nitrogen and oxygen atoms in total. The Balaban J connectivity index is 1.34. The molecule has 1 saturated heterocycles. The van der Waals surface area contributed by atoms with E-state index in [4.69, 9.17) is 0 Å². The van der Waals surface area contributed by atoms with Gasteiger partial charge in [-0.05, 0) is 30.0 Å². The Morgan fingerprint density at radius 3 is 2.52 bits per heavy atom. The number of Topliss-reactive ketones (excluding diaryl/α,β-unsaturated/α-hetero) is 2. The average Bonchev–Trinajstić information content (AvgIpc) is 3.43. The SMILES string of the molecule is O=C1CCC(N2Cc3c(NC=C4C(=O)CC(c5cccs5)CC4=O)cccc3C2=O)C(=O)N1. The number of imide groups is 1. The maximum Gasteiger partial charge on any atom is 0.255 e. The van der Waals surface area contributed by atoms with E-state index in [-0.39, 0.29) is 67.1 Å². The molecule has 168 valence electrons. The second-order valence-corrected chi connectivity index (χ2v) is 9.38. The average molecular weight is 464 g/mol. The zero-order valence-electron chi connectivity index (χ0n) is 17.6. The molecule has 3 heterocycles. The lowest BCUT2D eigenvalue weighted by molar-refractivity contribution is -0.137. The highest BCUT2D eigenvalue weighted by molar-refractivity contribution is 7.10. The fourth-order valence-electron chi connectivity index (χ4n) is 4.65. The number of amides is 3. The number of piperidine rings is 1. The van der Waals surface area contributed by atoms with Crippen molar-refractivity contribution in [3.63, 3.8) is 0 Å². The first-order valence-corrected chi connectivity index (χ1v) is 11.6. The van der Waals surface area contributed by atoms with E-state index in [1.807, 2.05) is 17.5 Å². The van der Waals surface area contributed by atoms with Crippen molar-refractivity contribution in [3.8, 4) is 0 Å². The quantitative estimate of drug-likeness (QED) is 0.409. The Labute approximate surface area is 193 Å². The molecular weight excluding hydrogens is 442 g/mol. The maximum absolute atomic E-state index is 12.9. The highest BCUT2D eigenvalue weighted by atomic mass is 32.1. The molecule has 5 rings (SSSR count). The number of thiophene rings is 1. The fraction of sp³-hybridized carbons (Fsp3) is 0.292. The van der Waals surface area contributed by atoms with E-state index in [0.717, 1.165) is 4.88 Å². The molecule has 0 spiro atoms. The number of nitrogens with one attached hydrogen (secondary N) is 2. The summed E-state index contributed by atoms with van der Waals surface area (Å²) in [5, 5.41) is 7.28. The Hall–Kier alpha value is -3.59. The van der Waals surface area contributed by atoms with Gasteiger partial charge in [0, 0.05) is 59.6 Å². The van der Waals surface area contributed by atoms with Gasteiger partial charge in [-0.3, -0.25) is 29.3 Å². The summed E-state index contributed by atoms with van der Waals surface area (Å²) < 4.78 is 0. The van der Waals surface area contributed by atoms with Gasteiger partial charge in [-0.15, -0.1) is 11.3 Å². The predicted molar refractivity (Wildman–Crippen MR) is 121 cm³/mol. The fourth-order valence-corrected chi connectivity index (χ4v) is 5.48. The van der Waals surface area contributed by atoms with Gasteiger partial charge >= 0.3 is 0 Å². The number of nitrogens with zero attached hydrogens (tertiary/aromatic N) is 1. The number of carbonyl (C=O) groups excluding carboxylic acids is 5. The van der Waals surface area contributed by atoms with Crippen molar-refractivity contribution in [2.75, 3.05) is 5.32 Å². The van der Waals surface area contributed by atoms with E-state index in [2.05, 4.69) is 10.6 Å². The Bertz CT molecular complexity index is 1200. The molecule has 2 N–H and O–H groups in total. The van der Waals surface area contributed by atoms with Crippen LogP contribution in [0.5, 0.6) is 0 Å². The van der Waals surface area contributed by atoms with Crippen molar-refractivity contribution in [1.82, 2.24) is 10.2 Å². The van der Waals surface area contributed by atoms with Crippen LogP contribution in [0, 0.1) is 0 Å². The molecule has 1 saturated carbocycles. The van der Waals surface area contributed by atoms with E-state index >= 15 is 0 Å². The van der Waals surface area contributed by atoms with E-state index in [0.29, 0.717) is 16.8 Å². The zero-order chi connectivity index (χ0) is 23.1. The molecule has 1 aromatic carbocycles. The van der Waals surface area contributed by atoms with Crippen molar-refractivity contribution in [3.05, 3.63) is 63.5 Å². The summed E-state index contributed by atoms with van der Waals surface area (Å²) in [6.45, 7) is 0.204. The van der Waals surface area contributed by atoms with Crippen LogP contribution in [0.25, 0.3) is 0 Å². The molecule has 2 fully saturated rings. The number of anilines is 1. The second kappa shape index (κ2) is 8.40. The molecule has 33 heavy (non-hydrogen) atoms. The van der Waals surface area contributed by atoms with Gasteiger partial charge in [0.2, 0.25) is 11.8 Å². The minimum atomic E-state index is -0.704. The lowest BCUT2D eigenvalue weighted by Crippen LogP contribution is -2.52. The number of fused-ring (bicyclic) bond motifs is 1. The number of hydrogen-bond donors (Lipinski definition) is 2. The summed E-state index contributed by atoms with van der Waals surface area (Å²) in [5.74, 6) is -1.57. The Morgan fingerprint density at radius 2 is 1.82 bits per heavy atom. The zero-order valence-corrected chi connectivity index (χ0v) is 18.4. The number of hydrogen-bond acceptors (Lipinski definition) is 7. The van der Waals surface area contributed by atoms with Gasteiger partial charge in [0.05, 0.1) is 5.57 Å². The van der Waals surface area contributed by atoms with E-state index in [9.17, 15) is 24.0 Å². The molecule has 2 aromatic rings. The second-order valence-electron chi connectivity index (χ2n) is 8.40. The minimum absolute atomic E-state index is 0.0807. The largest absolute Gasteiger partial charge is 0.361 e. The normalized spacial score (nSPS) is 23.0. The highest BCUT2D eigenvalue weighted by Crippen LogP contribution is 2.35. The lowest BCUT2D eigenvalue weighted by Gasteiger charge is -2.29. The van der Waals surface area contributed by atoms with Crippen molar-refractivity contribution in [1.29, 1.82) is 0 Å². The van der Waals surface area contributed by atoms with Crippen molar-refractivity contribution < 1.29 is 24.0 Å². The molecule has 3 aliphatic rings. The molecule has 0 radical (unpaired) electrons. The molecular formula is C24H21N3O5S. The molecule has 1 aliphatic carbocycles. The molecule has 1 atom stereocenters. The smallest absolute Gasteiger partial charge is 0.255 e. The van der Waals surface area contributed by atoms with Crippen LogP contribution in [0.3, 0.4) is 0 Å². The summed E-state index contributed by atoms with van der Waals surface area (Å²) >= 11 is 1.55. The van der Waals surface area contributed by atoms with Crippen LogP contribution in [-0.4, -0.2) is 40.2 Å². The third kappa shape index (κ3) is 3.89. The van der Waals surface area contributed by atoms with Gasteiger partial charge in [-0.1, -0.05) is 12.1 Å². The highest BCUT2D eigenvalue weighted by Gasteiger charge is 2.40. The minimum Gasteiger partial charge on any atom is -0.361 e. The first-order valence-electron chi connectivity index (χ1n) is 10.8. The van der Waals surface area contributed by atoms with Crippen LogP contribution >= 0.6 is 11.3 Å². The number of benzene rings is 1. The van der Waals surface area contributed by atoms with Crippen molar-refractivity contribution >= 4 is 46.3 Å². The monoisotopic (exact) mass is 463 g/mol. The molecule has 1 aromatic heterocycles. The maximum atomic E-state index is 12.9. The Kier molecular flexibility index (Phi) is 5.41. The van der Waals surface area contributed by atoms with Gasteiger partial charge in [-0.25, -0.2) is 0 Å². The third-order valence-electron chi connectivity index (χ3n) is 6.36. The Morgan fingerprint density at radius 1 is 1.03 bits per heavy atom. The van der Waals surface area contributed by atoms with Crippen molar-refractivity contribution in [2.24, 2.45) is 0 Å². The number of ketones is 2. The molecule has 3 amide bonds. The standard InChI is InChI=1S/C24H21N3O5S/c28-19-9-13(21-5-2-8-33-21)10-20(29)15(19)11-25-17-4-1-3-14-16(17)12-27(24(14)32)18-6-7-22(30)26-23(18)31/h1-5,8,11,13,18,25H,6-7,9-10,12H2,(H,26,30,31). The third-order valence-corrected chi connectivity index (χ3v) is 7.40. The van der Waals surface area contributed by atoms with Crippen LogP contribution < -0.4 is 10.6 Å². The van der Waals surface area contributed by atoms with Gasteiger partial charge in [0.15, 0.2) is 11.6 Å². The summed E-state index contributed by atoms with van der Waals surface area (Å²) in [6, 6.07) is 8.32. The number of carbonyl (C=O) groups is 5. The molecule has 1 unspecified atom stereocenters. The number of rotatable bonds is 4. The first-order chi connectivity index (χ1) is 15.9. The summed E-state index contributed by atoms with van der Waals surface area (Å²) in [4.78, 5) is 64.5. The molecule has 9 heteroatoms. The molecule has 2 aliphatic heterocycles. The van der Waals surface area contributed by atoms with Crippen LogP contribution in [0.15, 0.2) is 47.5 Å². The summed E-state index contributed by atoms with van der Waals surface area (Å²) in [6.07, 6.45) is 2.48. The van der Waals surface area contributed by atoms with Gasteiger partial charge in [0.1, 0.15) is 6.04 Å². The van der Waals surface area contributed by atoms with Crippen LogP contribution in [0.2, 0.25) is 0 Å². The van der Waals surface area contributed by atoms with Gasteiger partial charge in [0.25, 0.3) is 5.91 Å². The van der Waals surface area contributed by atoms with Crippen LogP contribution in [0.1, 0.15) is 52.4 Å². The molecule has 0 bridgehead atoms. The summed E-state index contributed by atoms with van der Waals surface area (Å²) in [7, 11) is 0. The van der Waals surface area contributed by atoms with Gasteiger partial charge < -0.3 is 10.2 Å². The first kappa shape index (κ1) is 21.3. The van der Waals surface area contributed by atoms with Crippen LogP contribution in [0.4, 0.5) is 5.69 Å². The predicted octanol–water partition coefficient (Wildman–Crippen LogP) is 2.52. The topological polar surface area (TPSA) is 113 Å². The van der Waals surface area contributed by atoms with E-state index < -0.39 is 11.9 Å². The lowest BCUT2D eigenvalue weighted by atomic mass is 9.83. The van der Waals surface area contributed by atoms with E-state index in [1.165, 1.54) is 11.1 Å². The summed E-state index contributed by atoms with van der Waals surface area (Å²) in [5.41, 5.74) is 1.88. The van der Waals surface area contributed by atoms with E-state index in [1.54, 1.807) is 29.5 Å². The van der Waals surface area contributed by atoms with Crippen molar-refractivity contribution in [2.45, 2.75) is 44.2 Å². The van der Waals surface area contributed by atoms with Gasteiger partial charge in [-0.2, -0.15) is 0 Å². The van der Waals surface area contributed by atoms with Crippen LogP contribution in [-0.2, 0) is 25.7 Å². The number of allylic oxidation sites excluding steroid dienone is 1.